The molecule has 0 aliphatic carbocycles. The van der Waals surface area contributed by atoms with Crippen molar-refractivity contribution in [2.45, 2.75) is 26.8 Å². The number of hydrogen-bond acceptors (Lipinski definition) is 6. The second-order valence-electron chi connectivity index (χ2n) is 8.98. The quantitative estimate of drug-likeness (QED) is 0.551. The summed E-state index contributed by atoms with van der Waals surface area (Å²) < 4.78 is 11.5. The molecular formula is C28H34N4O5. The Bertz CT molecular complexity index is 1160. The average Bonchev–Trinajstić information content (AvgIpc) is 2.89. The number of piperazine rings is 1. The second-order valence-corrected chi connectivity index (χ2v) is 8.98. The normalized spacial score (nSPS) is 18.5. The first-order valence-electron chi connectivity index (χ1n) is 12.7. The van der Waals surface area contributed by atoms with Gasteiger partial charge < -0.3 is 19.7 Å². The average molecular weight is 507 g/mol. The first-order chi connectivity index (χ1) is 17.9. The van der Waals surface area contributed by atoms with Gasteiger partial charge in [-0.15, -0.1) is 0 Å². The van der Waals surface area contributed by atoms with Crippen LogP contribution in [0.3, 0.4) is 0 Å². The maximum atomic E-state index is 13.4. The van der Waals surface area contributed by atoms with Gasteiger partial charge in [-0.25, -0.2) is 9.59 Å². The van der Waals surface area contributed by atoms with E-state index in [-0.39, 0.29) is 18.5 Å². The molecule has 9 heteroatoms. The number of carbonyl (C=O) groups excluding carboxylic acids is 3. The Morgan fingerprint density at radius 1 is 0.973 bits per heavy atom. The van der Waals surface area contributed by atoms with E-state index in [0.29, 0.717) is 62.0 Å². The molecule has 0 spiro atoms. The van der Waals surface area contributed by atoms with E-state index in [1.54, 1.807) is 18.7 Å². The van der Waals surface area contributed by atoms with Gasteiger partial charge in [0.2, 0.25) is 5.91 Å². The van der Waals surface area contributed by atoms with Crippen LogP contribution in [0.25, 0.3) is 0 Å². The van der Waals surface area contributed by atoms with Crippen molar-refractivity contribution in [3.05, 3.63) is 71.4 Å². The van der Waals surface area contributed by atoms with Crippen LogP contribution < -0.4 is 10.1 Å². The maximum absolute atomic E-state index is 13.4. The van der Waals surface area contributed by atoms with Crippen LogP contribution in [0.15, 0.2) is 65.9 Å². The van der Waals surface area contributed by atoms with E-state index in [1.807, 2.05) is 66.4 Å². The minimum absolute atomic E-state index is 0.0518. The summed E-state index contributed by atoms with van der Waals surface area (Å²) in [6.45, 7) is 8.77. The van der Waals surface area contributed by atoms with E-state index in [2.05, 4.69) is 10.2 Å². The number of rotatable bonds is 8. The van der Waals surface area contributed by atoms with Crippen LogP contribution in [0, 0.1) is 0 Å². The molecule has 0 saturated carbocycles. The van der Waals surface area contributed by atoms with Crippen molar-refractivity contribution in [2.24, 2.45) is 0 Å². The second kappa shape index (κ2) is 11.9. The summed E-state index contributed by atoms with van der Waals surface area (Å²) in [5.74, 6) is 0.880. The fourth-order valence-corrected chi connectivity index (χ4v) is 4.72. The number of esters is 1. The molecule has 2 aromatic rings. The topological polar surface area (TPSA) is 91.4 Å². The standard InChI is InChI=1S/C28H34N4O5/c1-4-32-24(19-30-14-16-31(17-15-30)20(3)33)25(27(34)36-5-2)26(29-28(32)35)21-10-9-13-23(18-21)37-22-11-7-6-8-12-22/h6-13,18,26H,4-5,14-17,19H2,1-3H3,(H,29,35)/t26-/m0/s1. The molecule has 1 atom stereocenters. The lowest BCUT2D eigenvalue weighted by molar-refractivity contribution is -0.139. The summed E-state index contributed by atoms with van der Waals surface area (Å²) in [6, 6.07) is 15.8. The number of urea groups is 1. The summed E-state index contributed by atoms with van der Waals surface area (Å²) >= 11 is 0. The molecule has 0 bridgehead atoms. The lowest BCUT2D eigenvalue weighted by Gasteiger charge is -2.40. The van der Waals surface area contributed by atoms with E-state index in [4.69, 9.17) is 9.47 Å². The molecule has 1 saturated heterocycles. The van der Waals surface area contributed by atoms with Crippen molar-refractivity contribution in [2.75, 3.05) is 45.9 Å². The number of carbonyl (C=O) groups is 3. The van der Waals surface area contributed by atoms with Gasteiger partial charge in [-0.1, -0.05) is 30.3 Å². The Balaban J connectivity index is 1.69. The zero-order chi connectivity index (χ0) is 26.4. The molecule has 4 rings (SSSR count). The highest BCUT2D eigenvalue weighted by Gasteiger charge is 2.38. The SMILES string of the molecule is CCOC(=O)C1=C(CN2CCN(C(C)=O)CC2)N(CC)C(=O)N[C@H]1c1cccc(Oc2ccccc2)c1. The highest BCUT2D eigenvalue weighted by atomic mass is 16.5. The van der Waals surface area contributed by atoms with Crippen LogP contribution in [0.4, 0.5) is 4.79 Å². The largest absolute Gasteiger partial charge is 0.463 e. The van der Waals surface area contributed by atoms with Crippen LogP contribution in [-0.4, -0.2) is 78.5 Å². The van der Waals surface area contributed by atoms with Crippen molar-refractivity contribution in [3.63, 3.8) is 0 Å². The molecule has 1 fully saturated rings. The van der Waals surface area contributed by atoms with Gasteiger partial charge in [-0.2, -0.15) is 0 Å². The number of hydrogen-bond donors (Lipinski definition) is 1. The number of amides is 3. The van der Waals surface area contributed by atoms with E-state index < -0.39 is 12.0 Å². The summed E-state index contributed by atoms with van der Waals surface area (Å²) in [5.41, 5.74) is 1.76. The van der Waals surface area contributed by atoms with Crippen LogP contribution >= 0.6 is 0 Å². The third-order valence-electron chi connectivity index (χ3n) is 6.61. The Kier molecular flexibility index (Phi) is 8.45. The Labute approximate surface area is 217 Å². The molecule has 196 valence electrons. The predicted molar refractivity (Wildman–Crippen MR) is 139 cm³/mol. The first-order valence-corrected chi connectivity index (χ1v) is 12.7. The van der Waals surface area contributed by atoms with E-state index in [9.17, 15) is 14.4 Å². The Morgan fingerprint density at radius 2 is 1.68 bits per heavy atom. The molecule has 37 heavy (non-hydrogen) atoms. The van der Waals surface area contributed by atoms with Crippen molar-refractivity contribution >= 4 is 17.9 Å². The van der Waals surface area contributed by atoms with Gasteiger partial charge in [-0.05, 0) is 43.7 Å². The van der Waals surface area contributed by atoms with Crippen LogP contribution in [0.1, 0.15) is 32.4 Å². The molecule has 0 radical (unpaired) electrons. The summed E-state index contributed by atoms with van der Waals surface area (Å²) in [7, 11) is 0. The van der Waals surface area contributed by atoms with Crippen LogP contribution in [0.2, 0.25) is 0 Å². The van der Waals surface area contributed by atoms with Crippen molar-refractivity contribution in [1.82, 2.24) is 20.0 Å². The number of nitrogens with zero attached hydrogens (tertiary/aromatic N) is 3. The first kappa shape index (κ1) is 26.2. The maximum Gasteiger partial charge on any atom is 0.338 e. The molecule has 2 heterocycles. The highest BCUT2D eigenvalue weighted by molar-refractivity contribution is 5.95. The van der Waals surface area contributed by atoms with Gasteiger partial charge >= 0.3 is 12.0 Å². The number of nitrogens with one attached hydrogen (secondary N) is 1. The fourth-order valence-electron chi connectivity index (χ4n) is 4.72. The van der Waals surface area contributed by atoms with Crippen molar-refractivity contribution in [1.29, 1.82) is 0 Å². The molecule has 2 aliphatic rings. The van der Waals surface area contributed by atoms with Gasteiger partial charge in [-0.3, -0.25) is 14.6 Å². The molecule has 0 aromatic heterocycles. The van der Waals surface area contributed by atoms with Crippen LogP contribution in [-0.2, 0) is 14.3 Å². The monoisotopic (exact) mass is 506 g/mol. The number of likely N-dealkylation sites (N-methyl/N-ethyl adjacent to an activating group) is 1. The smallest absolute Gasteiger partial charge is 0.338 e. The van der Waals surface area contributed by atoms with Gasteiger partial charge in [0.05, 0.1) is 18.2 Å². The summed E-state index contributed by atoms with van der Waals surface area (Å²) in [5, 5.41) is 3.00. The zero-order valence-corrected chi connectivity index (χ0v) is 21.6. The van der Waals surface area contributed by atoms with Crippen LogP contribution in [0.5, 0.6) is 11.5 Å². The number of para-hydroxylation sites is 1. The third kappa shape index (κ3) is 6.11. The molecular weight excluding hydrogens is 472 g/mol. The highest BCUT2D eigenvalue weighted by Crippen LogP contribution is 2.34. The van der Waals surface area contributed by atoms with Crippen molar-refractivity contribution < 1.29 is 23.9 Å². The fraction of sp³-hybridized carbons (Fsp3) is 0.393. The van der Waals surface area contributed by atoms with Crippen molar-refractivity contribution in [3.8, 4) is 11.5 Å². The third-order valence-corrected chi connectivity index (χ3v) is 6.61. The zero-order valence-electron chi connectivity index (χ0n) is 21.6. The predicted octanol–water partition coefficient (Wildman–Crippen LogP) is 3.55. The number of benzene rings is 2. The van der Waals surface area contributed by atoms with Gasteiger partial charge in [0.15, 0.2) is 0 Å². The lowest BCUT2D eigenvalue weighted by atomic mass is 9.94. The summed E-state index contributed by atoms with van der Waals surface area (Å²) in [4.78, 5) is 43.9. The minimum atomic E-state index is -0.692. The molecule has 2 aliphatic heterocycles. The number of ether oxygens (including phenoxy) is 2. The Hall–Kier alpha value is -3.85. The van der Waals surface area contributed by atoms with Gasteiger partial charge in [0.25, 0.3) is 0 Å². The lowest BCUT2D eigenvalue weighted by Crippen LogP contribution is -2.53. The van der Waals surface area contributed by atoms with E-state index in [1.165, 1.54) is 0 Å². The molecule has 9 nitrogen and oxygen atoms in total. The molecule has 1 N–H and O–H groups in total. The minimum Gasteiger partial charge on any atom is -0.463 e. The summed E-state index contributed by atoms with van der Waals surface area (Å²) in [6.07, 6.45) is 0. The van der Waals surface area contributed by atoms with E-state index >= 15 is 0 Å². The van der Waals surface area contributed by atoms with Gasteiger partial charge in [0, 0.05) is 51.9 Å². The van der Waals surface area contributed by atoms with Gasteiger partial charge in [0.1, 0.15) is 11.5 Å². The Morgan fingerprint density at radius 3 is 2.32 bits per heavy atom. The molecule has 0 unspecified atom stereocenters. The molecule has 2 aromatic carbocycles. The van der Waals surface area contributed by atoms with E-state index in [0.717, 1.165) is 5.56 Å². The molecule has 3 amide bonds.